The molecule has 0 aliphatic heterocycles. The highest BCUT2D eigenvalue weighted by molar-refractivity contribution is 4.72. The van der Waals surface area contributed by atoms with Gasteiger partial charge in [-0.1, -0.05) is 20.8 Å². The molecule has 0 saturated carbocycles. The van der Waals surface area contributed by atoms with Crippen molar-refractivity contribution in [2.75, 3.05) is 6.54 Å². The van der Waals surface area contributed by atoms with Crippen LogP contribution in [0.3, 0.4) is 0 Å². The maximum Gasteiger partial charge on any atom is 0.0899 e. The lowest BCUT2D eigenvalue weighted by molar-refractivity contribution is -0.706. The molecule has 0 N–H and O–H groups in total. The average Bonchev–Trinajstić information content (AvgIpc) is 1.99. The van der Waals surface area contributed by atoms with Crippen molar-refractivity contribution in [2.24, 2.45) is 10.7 Å². The average molecular weight is 216 g/mol. The van der Waals surface area contributed by atoms with Crippen LogP contribution in [0.25, 0.3) is 0 Å². The first-order valence-corrected chi connectivity index (χ1v) is 5.16. The van der Waals surface area contributed by atoms with Gasteiger partial charge in [0.2, 0.25) is 0 Å². The van der Waals surface area contributed by atoms with E-state index in [0.717, 1.165) is 6.42 Å². The van der Waals surface area contributed by atoms with Gasteiger partial charge in [0.1, 0.15) is 0 Å². The van der Waals surface area contributed by atoms with E-state index in [-0.39, 0.29) is 15.9 Å². The third-order valence-corrected chi connectivity index (χ3v) is 2.12. The molecule has 0 bridgehead atoms. The molecule has 0 radical (unpaired) electrons. The van der Waals surface area contributed by atoms with Gasteiger partial charge >= 0.3 is 0 Å². The molecule has 0 spiro atoms. The summed E-state index contributed by atoms with van der Waals surface area (Å²) < 4.78 is 0. The fraction of sp³-hybridized carbons (Fsp3) is 1.00. The van der Waals surface area contributed by atoms with E-state index in [1.807, 2.05) is 20.8 Å². The quantitative estimate of drug-likeness (QED) is 0.414. The Labute approximate surface area is 91.9 Å². The summed E-state index contributed by atoms with van der Waals surface area (Å²) in [6.45, 7) is 12.5. The molecule has 0 atom stereocenters. The van der Waals surface area contributed by atoms with Crippen molar-refractivity contribution in [1.29, 1.82) is 0 Å². The van der Waals surface area contributed by atoms with Gasteiger partial charge in [-0.3, -0.25) is 0 Å². The van der Waals surface area contributed by atoms with Gasteiger partial charge in [0.25, 0.3) is 0 Å². The van der Waals surface area contributed by atoms with E-state index < -0.39 is 0 Å². The normalized spacial score (nSPS) is 14.1. The van der Waals surface area contributed by atoms with Crippen LogP contribution in [0.1, 0.15) is 48.0 Å². The van der Waals surface area contributed by atoms with E-state index in [4.69, 9.17) is 0 Å². The third-order valence-electron chi connectivity index (χ3n) is 2.12. The van der Waals surface area contributed by atoms with E-state index in [2.05, 4.69) is 26.0 Å². The van der Waals surface area contributed by atoms with Crippen molar-refractivity contribution in [2.45, 2.75) is 53.5 Å². The van der Waals surface area contributed by atoms with E-state index in [0.29, 0.717) is 6.54 Å². The van der Waals surface area contributed by atoms with Crippen molar-refractivity contribution in [3.05, 3.63) is 10.4 Å². The van der Waals surface area contributed by atoms with Gasteiger partial charge in [0, 0.05) is 4.97 Å². The first-order chi connectivity index (χ1) is 6.58. The first kappa shape index (κ1) is 14.0. The second-order valence-electron chi connectivity index (χ2n) is 5.94. The molecule has 5 heteroatoms. The Bertz CT molecular complexity index is 226. The fourth-order valence-corrected chi connectivity index (χ4v) is 1.16. The molecule has 0 aromatic rings. The molecular weight excluding hydrogens is 194 g/mol. The minimum Gasteiger partial charge on any atom is -0.737 e. The molecule has 0 unspecified atom stereocenters. The maximum absolute atomic E-state index is 11.2. The van der Waals surface area contributed by atoms with Crippen LogP contribution < -0.4 is 0 Å². The molecule has 0 aliphatic carbocycles. The van der Waals surface area contributed by atoms with Gasteiger partial charge in [-0.2, -0.15) is 0 Å². The lowest BCUT2D eigenvalue weighted by atomic mass is 9.91. The third kappa shape index (κ3) is 5.44. The zero-order valence-electron chi connectivity index (χ0n) is 10.6. The van der Waals surface area contributed by atoms with Gasteiger partial charge in [0.05, 0.1) is 12.1 Å². The van der Waals surface area contributed by atoms with Crippen LogP contribution in [0.15, 0.2) is 5.28 Å². The minimum absolute atomic E-state index is 0.132. The Hall–Kier alpha value is -1.00. The number of hydrogen-bond acceptors (Lipinski definition) is 3. The second kappa shape index (κ2) is 4.68. The van der Waals surface area contributed by atoms with Gasteiger partial charge < -0.3 is 10.4 Å². The van der Waals surface area contributed by atoms with Crippen LogP contribution in [-0.4, -0.2) is 22.1 Å². The van der Waals surface area contributed by atoms with Crippen LogP contribution in [-0.2, 0) is 0 Å². The standard InChI is InChI=1S/C10H23N3O2/c1-9(2,3)7-8-12(10(4,5)6)13(15)11-14/h14H,7-8H2,1-6H3/p-1/b13-11+. The summed E-state index contributed by atoms with van der Waals surface area (Å²) in [6.07, 6.45) is 0.832. The molecule has 0 heterocycles. The molecule has 0 amide bonds. The molecule has 90 valence electrons. The van der Waals surface area contributed by atoms with Crippen LogP contribution in [0.5, 0.6) is 0 Å². The molecule has 15 heavy (non-hydrogen) atoms. The van der Waals surface area contributed by atoms with E-state index in [1.54, 1.807) is 0 Å². The molecule has 5 nitrogen and oxygen atoms in total. The van der Waals surface area contributed by atoms with Crippen molar-refractivity contribution in [3.63, 3.8) is 0 Å². The van der Waals surface area contributed by atoms with Gasteiger partial charge in [0.15, 0.2) is 0 Å². The van der Waals surface area contributed by atoms with Gasteiger partial charge in [-0.25, -0.2) is 0 Å². The maximum atomic E-state index is 11.2. The van der Waals surface area contributed by atoms with Gasteiger partial charge in [-0.05, 0) is 37.9 Å². The summed E-state index contributed by atoms with van der Waals surface area (Å²) in [5.41, 5.74) is -0.256. The smallest absolute Gasteiger partial charge is 0.0899 e. The van der Waals surface area contributed by atoms with Crippen molar-refractivity contribution in [3.8, 4) is 0 Å². The topological polar surface area (TPSA) is 64.7 Å². The second-order valence-corrected chi connectivity index (χ2v) is 5.94. The van der Waals surface area contributed by atoms with Crippen LogP contribution in [0.4, 0.5) is 0 Å². The molecule has 0 rings (SSSR count). The monoisotopic (exact) mass is 216 g/mol. The zero-order chi connectivity index (χ0) is 12.3. The lowest BCUT2D eigenvalue weighted by Crippen LogP contribution is -2.46. The molecule has 0 fully saturated rings. The van der Waals surface area contributed by atoms with Crippen LogP contribution >= 0.6 is 0 Å². The van der Waals surface area contributed by atoms with Crippen molar-refractivity contribution < 1.29 is 4.97 Å². The fourth-order valence-electron chi connectivity index (χ4n) is 1.16. The summed E-state index contributed by atoms with van der Waals surface area (Å²) in [5.74, 6) is 0. The van der Waals surface area contributed by atoms with Crippen molar-refractivity contribution >= 4 is 0 Å². The molecule has 0 aromatic heterocycles. The number of nitrogens with zero attached hydrogens (tertiary/aromatic N) is 3. The van der Waals surface area contributed by atoms with E-state index in [9.17, 15) is 10.4 Å². The molecule has 0 aliphatic rings. The Morgan fingerprint density at radius 3 is 1.87 bits per heavy atom. The summed E-state index contributed by atoms with van der Waals surface area (Å²) in [5, 5.41) is 25.3. The molecule has 0 saturated heterocycles. The first-order valence-electron chi connectivity index (χ1n) is 5.16. The number of hydrogen-bond donors (Lipinski definition) is 0. The summed E-state index contributed by atoms with van der Waals surface area (Å²) in [7, 11) is 0. The zero-order valence-corrected chi connectivity index (χ0v) is 10.6. The molecule has 0 aromatic carbocycles. The van der Waals surface area contributed by atoms with E-state index >= 15 is 0 Å². The van der Waals surface area contributed by atoms with Crippen LogP contribution in [0.2, 0.25) is 0 Å². The van der Waals surface area contributed by atoms with E-state index in [1.165, 1.54) is 5.01 Å². The summed E-state index contributed by atoms with van der Waals surface area (Å²) >= 11 is 0. The highest BCUT2D eigenvalue weighted by Gasteiger charge is 2.29. The predicted octanol–water partition coefficient (Wildman–Crippen LogP) is 2.90. The SMILES string of the molecule is CC(C)(C)CCN(/[N+]([O-])=N\[O-])C(C)(C)C. The summed E-state index contributed by atoms with van der Waals surface area (Å²) in [4.78, 5) is 0.145. The molecular formula is C10H22N3O2-. The number of hydrazine groups is 1. The number of rotatable bonds is 3. The predicted molar refractivity (Wildman–Crippen MR) is 60.0 cm³/mol. The van der Waals surface area contributed by atoms with Gasteiger partial charge in [-0.15, -0.1) is 5.01 Å². The largest absolute Gasteiger partial charge is 0.737 e. The Morgan fingerprint density at radius 2 is 1.60 bits per heavy atom. The highest BCUT2D eigenvalue weighted by atomic mass is 16.6. The Morgan fingerprint density at radius 1 is 1.13 bits per heavy atom. The highest BCUT2D eigenvalue weighted by Crippen LogP contribution is 2.22. The lowest BCUT2D eigenvalue weighted by Gasteiger charge is -2.33. The Balaban J connectivity index is 4.56. The minimum atomic E-state index is -0.388. The van der Waals surface area contributed by atoms with Crippen LogP contribution in [0, 0.1) is 15.8 Å². The van der Waals surface area contributed by atoms with Crippen molar-refractivity contribution in [1.82, 2.24) is 5.01 Å². The Kier molecular flexibility index (Phi) is 4.37. The summed E-state index contributed by atoms with van der Waals surface area (Å²) in [6, 6.07) is 0.